The largest absolute Gasteiger partial charge is 0.456 e. The van der Waals surface area contributed by atoms with Gasteiger partial charge in [0.25, 0.3) is 0 Å². The molecular formula is C14H21NO9. The number of ether oxygens (including phenoxy) is 4. The summed E-state index contributed by atoms with van der Waals surface area (Å²) in [5.41, 5.74) is 0. The van der Waals surface area contributed by atoms with Crippen molar-refractivity contribution in [2.45, 2.75) is 58.3 Å². The highest BCUT2D eigenvalue weighted by molar-refractivity contribution is 5.74. The molecule has 1 aliphatic heterocycles. The number of nitrogens with one attached hydrogen (secondary N) is 1. The van der Waals surface area contributed by atoms with Crippen molar-refractivity contribution >= 4 is 23.8 Å². The van der Waals surface area contributed by atoms with E-state index in [9.17, 15) is 24.3 Å². The lowest BCUT2D eigenvalue weighted by atomic mass is 9.96. The zero-order valence-corrected chi connectivity index (χ0v) is 13.8. The van der Waals surface area contributed by atoms with E-state index in [0.717, 1.165) is 20.8 Å². The van der Waals surface area contributed by atoms with Crippen LogP contribution in [0.4, 0.5) is 0 Å². The third-order valence-corrected chi connectivity index (χ3v) is 3.08. The first kappa shape index (κ1) is 19.8. The molecule has 0 unspecified atom stereocenters. The van der Waals surface area contributed by atoms with Crippen molar-refractivity contribution in [3.8, 4) is 0 Å². The molecule has 5 atom stereocenters. The lowest BCUT2D eigenvalue weighted by Gasteiger charge is -2.44. The zero-order valence-electron chi connectivity index (χ0n) is 13.8. The van der Waals surface area contributed by atoms with Crippen LogP contribution in [-0.2, 0) is 38.1 Å². The maximum Gasteiger partial charge on any atom is 0.305 e. The van der Waals surface area contributed by atoms with Crippen LogP contribution < -0.4 is 5.32 Å². The van der Waals surface area contributed by atoms with E-state index in [1.807, 2.05) is 0 Å². The average molecular weight is 347 g/mol. The van der Waals surface area contributed by atoms with Crippen molar-refractivity contribution < 1.29 is 43.2 Å². The van der Waals surface area contributed by atoms with Crippen molar-refractivity contribution in [1.29, 1.82) is 0 Å². The molecule has 0 radical (unpaired) electrons. The molecule has 136 valence electrons. The van der Waals surface area contributed by atoms with Crippen LogP contribution in [0.3, 0.4) is 0 Å². The Balaban J connectivity index is 3.23. The molecule has 0 aromatic carbocycles. The number of amides is 1. The van der Waals surface area contributed by atoms with Crippen LogP contribution >= 0.6 is 0 Å². The van der Waals surface area contributed by atoms with Crippen molar-refractivity contribution in [2.24, 2.45) is 0 Å². The molecule has 10 heteroatoms. The smallest absolute Gasteiger partial charge is 0.305 e. The normalized spacial score (nSPS) is 29.3. The molecule has 1 rings (SSSR count). The van der Waals surface area contributed by atoms with Gasteiger partial charge in [0.15, 0.2) is 12.2 Å². The van der Waals surface area contributed by atoms with E-state index in [2.05, 4.69) is 5.32 Å². The summed E-state index contributed by atoms with van der Waals surface area (Å²) in [4.78, 5) is 45.4. The van der Waals surface area contributed by atoms with Crippen LogP contribution in [0, 0.1) is 0 Å². The van der Waals surface area contributed by atoms with Crippen molar-refractivity contribution in [2.75, 3.05) is 6.61 Å². The zero-order chi connectivity index (χ0) is 18.4. The van der Waals surface area contributed by atoms with E-state index in [4.69, 9.17) is 18.9 Å². The summed E-state index contributed by atoms with van der Waals surface area (Å²) in [5.74, 6) is -2.64. The second-order valence-corrected chi connectivity index (χ2v) is 5.21. The molecule has 1 fully saturated rings. The molecule has 0 bridgehead atoms. The number of hydrogen-bond donors (Lipinski definition) is 2. The van der Waals surface area contributed by atoms with Gasteiger partial charge in [-0.15, -0.1) is 0 Å². The highest BCUT2D eigenvalue weighted by Gasteiger charge is 2.51. The van der Waals surface area contributed by atoms with Gasteiger partial charge >= 0.3 is 17.9 Å². The van der Waals surface area contributed by atoms with Crippen LogP contribution in [0.15, 0.2) is 0 Å². The number of hydrogen-bond acceptors (Lipinski definition) is 9. The number of carbonyl (C=O) groups excluding carboxylic acids is 4. The van der Waals surface area contributed by atoms with Gasteiger partial charge < -0.3 is 29.4 Å². The molecule has 1 amide bonds. The number of carbonyl (C=O) groups is 4. The summed E-state index contributed by atoms with van der Waals surface area (Å²) >= 11 is 0. The Labute approximate surface area is 138 Å². The van der Waals surface area contributed by atoms with Crippen LogP contribution in [0.2, 0.25) is 0 Å². The summed E-state index contributed by atoms with van der Waals surface area (Å²) in [7, 11) is 0. The van der Waals surface area contributed by atoms with E-state index in [0.29, 0.717) is 0 Å². The first-order valence-electron chi connectivity index (χ1n) is 7.20. The molecule has 0 saturated carbocycles. The van der Waals surface area contributed by atoms with Crippen LogP contribution in [-0.4, -0.2) is 66.2 Å². The van der Waals surface area contributed by atoms with Crippen LogP contribution in [0.5, 0.6) is 0 Å². The van der Waals surface area contributed by atoms with E-state index in [1.165, 1.54) is 6.92 Å². The number of aliphatic hydroxyl groups excluding tert-OH is 1. The highest BCUT2D eigenvalue weighted by Crippen LogP contribution is 2.27. The summed E-state index contributed by atoms with van der Waals surface area (Å²) in [6.07, 6.45) is -4.86. The Kier molecular flexibility index (Phi) is 7.11. The second kappa shape index (κ2) is 8.60. The molecule has 2 N–H and O–H groups in total. The predicted molar refractivity (Wildman–Crippen MR) is 76.2 cm³/mol. The molecule has 24 heavy (non-hydrogen) atoms. The minimum Gasteiger partial charge on any atom is -0.456 e. The van der Waals surface area contributed by atoms with Crippen LogP contribution in [0.1, 0.15) is 27.7 Å². The van der Waals surface area contributed by atoms with Gasteiger partial charge in [0.05, 0.1) is 6.61 Å². The fraction of sp³-hybridized carbons (Fsp3) is 0.714. The third-order valence-electron chi connectivity index (χ3n) is 3.08. The fourth-order valence-electron chi connectivity index (χ4n) is 2.37. The first-order chi connectivity index (χ1) is 11.1. The molecule has 1 aliphatic rings. The Morgan fingerprint density at radius 2 is 1.42 bits per heavy atom. The molecule has 10 nitrogen and oxygen atoms in total. The summed E-state index contributed by atoms with van der Waals surface area (Å²) in [5, 5.41) is 11.9. The monoisotopic (exact) mass is 347 g/mol. The van der Waals surface area contributed by atoms with Gasteiger partial charge in [-0.2, -0.15) is 0 Å². The lowest BCUT2D eigenvalue weighted by molar-refractivity contribution is -0.269. The molecule has 1 saturated heterocycles. The van der Waals surface area contributed by atoms with Crippen molar-refractivity contribution in [1.82, 2.24) is 5.32 Å². The maximum absolute atomic E-state index is 11.4. The van der Waals surface area contributed by atoms with Crippen LogP contribution in [0.25, 0.3) is 0 Å². The average Bonchev–Trinajstić information content (AvgIpc) is 2.42. The molecule has 0 aliphatic carbocycles. The van der Waals surface area contributed by atoms with Gasteiger partial charge in [-0.3, -0.25) is 19.2 Å². The number of esters is 3. The minimum absolute atomic E-state index is 0.512. The van der Waals surface area contributed by atoms with Gasteiger partial charge in [0.1, 0.15) is 12.1 Å². The first-order valence-corrected chi connectivity index (χ1v) is 7.20. The standard InChI is InChI=1S/C14H21NO9/c1-6(17)15-11-13(22-8(3)19)12(21-7(2)18)10(5-16)24-14(11)23-9(4)20/h10-14,16H,5H2,1-4H3,(H,15,17)/t10-,11-,12-,13-,14+/m1/s1. The molecular weight excluding hydrogens is 326 g/mol. The van der Waals surface area contributed by atoms with E-state index >= 15 is 0 Å². The maximum atomic E-state index is 11.4. The molecule has 0 aromatic rings. The Morgan fingerprint density at radius 1 is 0.917 bits per heavy atom. The highest BCUT2D eigenvalue weighted by atomic mass is 16.7. The minimum atomic E-state index is -1.33. The Morgan fingerprint density at radius 3 is 1.83 bits per heavy atom. The van der Waals surface area contributed by atoms with Gasteiger partial charge in [0.2, 0.25) is 12.2 Å². The Bertz CT molecular complexity index is 506. The SMILES string of the molecule is CC(=O)N[C@H]1[C@@H](OC(C)=O)O[C@H](CO)[C@@H](OC(C)=O)[C@@H]1OC(C)=O. The van der Waals surface area contributed by atoms with Crippen molar-refractivity contribution in [3.63, 3.8) is 0 Å². The number of rotatable bonds is 5. The summed E-state index contributed by atoms with van der Waals surface area (Å²) < 4.78 is 20.6. The second-order valence-electron chi connectivity index (χ2n) is 5.21. The fourth-order valence-corrected chi connectivity index (χ4v) is 2.37. The van der Waals surface area contributed by atoms with Gasteiger partial charge in [-0.25, -0.2) is 0 Å². The van der Waals surface area contributed by atoms with Gasteiger partial charge in [-0.1, -0.05) is 0 Å². The number of aliphatic hydroxyl groups is 1. The summed E-state index contributed by atoms with van der Waals surface area (Å²) in [6.45, 7) is 3.99. The molecule has 0 aromatic heterocycles. The topological polar surface area (TPSA) is 137 Å². The van der Waals surface area contributed by atoms with Gasteiger partial charge in [-0.05, 0) is 0 Å². The molecule has 1 heterocycles. The van der Waals surface area contributed by atoms with Crippen molar-refractivity contribution in [3.05, 3.63) is 0 Å². The lowest BCUT2D eigenvalue weighted by Crippen LogP contribution is -2.66. The molecule has 0 spiro atoms. The van der Waals surface area contributed by atoms with E-state index < -0.39 is 61.1 Å². The third kappa shape index (κ3) is 5.46. The van der Waals surface area contributed by atoms with E-state index in [1.54, 1.807) is 0 Å². The van der Waals surface area contributed by atoms with Gasteiger partial charge in [0, 0.05) is 27.7 Å². The quantitative estimate of drug-likeness (QED) is 0.456. The Hall–Kier alpha value is -2.20. The summed E-state index contributed by atoms with van der Waals surface area (Å²) in [6, 6.07) is -1.12. The predicted octanol–water partition coefficient (Wildman–Crippen LogP) is -1.37. The van der Waals surface area contributed by atoms with E-state index in [-0.39, 0.29) is 0 Å².